The lowest BCUT2D eigenvalue weighted by molar-refractivity contribution is 0.108. The fourth-order valence-electron chi connectivity index (χ4n) is 1.03. The number of carbonyl (C=O) groups is 1. The maximum Gasteiger partial charge on any atom is 0.194 e. The van der Waals surface area contributed by atoms with Crippen LogP contribution in [0.25, 0.3) is 0 Å². The van der Waals surface area contributed by atoms with E-state index in [0.717, 1.165) is 12.0 Å². The zero-order valence-electron chi connectivity index (χ0n) is 7.41. The predicted molar refractivity (Wildman–Crippen MR) is 65.5 cm³/mol. The fraction of sp³-hybridized carbons (Fsp3) is 0.222. The molecule has 0 aromatic heterocycles. The first-order chi connectivity index (χ1) is 6.15. The lowest BCUT2D eigenvalue weighted by atomic mass is 10.1. The van der Waals surface area contributed by atoms with E-state index in [1.54, 1.807) is 0 Å². The number of hydrogen-bond acceptors (Lipinski definition) is 2. The van der Waals surface area contributed by atoms with Crippen molar-refractivity contribution in [3.05, 3.63) is 35.4 Å². The normalized spacial score (nSPS) is 12.5. The van der Waals surface area contributed by atoms with Crippen molar-refractivity contribution in [2.75, 3.05) is 0 Å². The van der Waals surface area contributed by atoms with Crippen LogP contribution in [0.2, 0.25) is 0 Å². The molecule has 0 N–H and O–H groups in total. The Morgan fingerprint density at radius 1 is 1.46 bits per heavy atom. The van der Waals surface area contributed by atoms with Gasteiger partial charge in [-0.25, -0.2) is 0 Å². The van der Waals surface area contributed by atoms with Gasteiger partial charge in [-0.15, -0.1) is 0 Å². The summed E-state index contributed by atoms with van der Waals surface area (Å²) < 4.78 is 0. The largest absolute Gasteiger partial charge is 0.288 e. The first-order valence-electron chi connectivity index (χ1n) is 4.08. The van der Waals surface area contributed by atoms with E-state index >= 15 is 0 Å². The van der Waals surface area contributed by atoms with E-state index in [0.29, 0.717) is 0 Å². The fourth-order valence-corrected chi connectivity index (χ4v) is 2.34. The number of rotatable bonds is 3. The van der Waals surface area contributed by atoms with Crippen molar-refractivity contribution >= 4 is 32.6 Å². The highest BCUT2D eigenvalue weighted by Crippen LogP contribution is 2.35. The van der Waals surface area contributed by atoms with E-state index < -0.39 is 6.39 Å². The predicted octanol–water partition coefficient (Wildman–Crippen LogP) is 2.86. The van der Waals surface area contributed by atoms with E-state index in [-0.39, 0.29) is 5.52 Å². The van der Waals surface area contributed by atoms with Crippen LogP contribution in [0, 0.1) is 0 Å². The Morgan fingerprint density at radius 2 is 2.00 bits per heavy atom. The molecule has 0 aliphatic carbocycles. The monoisotopic (exact) mass is 230 g/mol. The van der Waals surface area contributed by atoms with Crippen LogP contribution < -0.4 is 0 Å². The van der Waals surface area contributed by atoms with Gasteiger partial charge in [-0.3, -0.25) is 4.79 Å². The summed E-state index contributed by atoms with van der Waals surface area (Å²) in [6.07, 6.45) is -0.322. The summed E-state index contributed by atoms with van der Waals surface area (Å²) in [6, 6.07) is 7.69. The van der Waals surface area contributed by atoms with E-state index in [2.05, 4.69) is 15.9 Å². The molecular weight excluding hydrogens is 218 g/mol. The Morgan fingerprint density at radius 3 is 2.38 bits per heavy atom. The van der Waals surface area contributed by atoms with E-state index in [4.69, 9.17) is 11.8 Å². The molecule has 4 heteroatoms. The molecule has 0 saturated carbocycles. The summed E-state index contributed by atoms with van der Waals surface area (Å²) in [4.78, 5) is 11.5. The zero-order chi connectivity index (χ0) is 9.84. The second kappa shape index (κ2) is 5.00. The van der Waals surface area contributed by atoms with Crippen molar-refractivity contribution in [3.63, 3.8) is 0 Å². The highest BCUT2D eigenvalue weighted by molar-refractivity contribution is 8.40. The maximum atomic E-state index is 11.5. The van der Waals surface area contributed by atoms with E-state index in [1.165, 1.54) is 5.56 Å². The second-order valence-corrected chi connectivity index (χ2v) is 8.23. The van der Waals surface area contributed by atoms with Crippen LogP contribution >= 0.6 is 15.3 Å². The minimum atomic E-state index is -1.32. The average Bonchev–Trinajstić information content (AvgIpc) is 2.17. The highest BCUT2D eigenvalue weighted by Gasteiger charge is 2.05. The summed E-state index contributed by atoms with van der Waals surface area (Å²) in [5.74, 6) is 0. The lowest BCUT2D eigenvalue weighted by Gasteiger charge is -2.00. The third kappa shape index (κ3) is 2.98. The lowest BCUT2D eigenvalue weighted by Crippen LogP contribution is -1.90. The van der Waals surface area contributed by atoms with Crippen LogP contribution in [0.3, 0.4) is 0 Å². The minimum Gasteiger partial charge on any atom is -0.288 e. The maximum absolute atomic E-state index is 11.5. The number of carbonyl (C=O) groups excluding carboxylic acids is 1. The molecule has 0 spiro atoms. The number of benzene rings is 1. The molecule has 0 bridgehead atoms. The van der Waals surface area contributed by atoms with Gasteiger partial charge in [-0.05, 0) is 12.0 Å². The van der Waals surface area contributed by atoms with Crippen LogP contribution in [-0.2, 0) is 18.2 Å². The van der Waals surface area contributed by atoms with Crippen LogP contribution in [0.4, 0.5) is 0 Å². The van der Waals surface area contributed by atoms with Crippen molar-refractivity contribution in [1.29, 1.82) is 0 Å². The summed E-state index contributed by atoms with van der Waals surface area (Å²) in [7, 11) is 2.44. The Kier molecular flexibility index (Phi) is 4.25. The molecule has 0 heterocycles. The summed E-state index contributed by atoms with van der Waals surface area (Å²) in [6.45, 7) is 2.09. The van der Waals surface area contributed by atoms with Crippen LogP contribution in [0.1, 0.15) is 22.8 Å². The molecule has 1 rings (SSSR count). The minimum absolute atomic E-state index is 0.104. The summed E-state index contributed by atoms with van der Waals surface area (Å²) in [5.41, 5.74) is 2.10. The number of hydrogen-bond donors (Lipinski definition) is 0. The van der Waals surface area contributed by atoms with Crippen molar-refractivity contribution in [3.8, 4) is 0 Å². The van der Waals surface area contributed by atoms with Gasteiger partial charge in [0.05, 0.1) is 0 Å². The molecule has 0 saturated heterocycles. The first-order valence-corrected chi connectivity index (χ1v) is 8.52. The van der Waals surface area contributed by atoms with Gasteiger partial charge < -0.3 is 0 Å². The molecule has 13 heavy (non-hydrogen) atoms. The molecular formula is C9H12OP2S. The van der Waals surface area contributed by atoms with Crippen LogP contribution in [-0.4, -0.2) is 5.52 Å². The second-order valence-electron chi connectivity index (χ2n) is 2.74. The van der Waals surface area contributed by atoms with E-state index in [1.807, 2.05) is 24.3 Å². The van der Waals surface area contributed by atoms with Gasteiger partial charge in [-0.1, -0.05) is 51.9 Å². The van der Waals surface area contributed by atoms with Crippen molar-refractivity contribution in [1.82, 2.24) is 0 Å². The Hall–Kier alpha value is -0.0300. The number of aryl methyl sites for hydroxylation is 1. The molecule has 1 aromatic carbocycles. The van der Waals surface area contributed by atoms with Gasteiger partial charge in [0.2, 0.25) is 0 Å². The molecule has 0 fully saturated rings. The topological polar surface area (TPSA) is 17.1 Å². The van der Waals surface area contributed by atoms with Gasteiger partial charge in [-0.2, -0.15) is 0 Å². The molecule has 2 atom stereocenters. The third-order valence-corrected chi connectivity index (χ3v) is 3.93. The van der Waals surface area contributed by atoms with Crippen molar-refractivity contribution in [2.45, 2.75) is 13.3 Å². The van der Waals surface area contributed by atoms with Gasteiger partial charge in [0.1, 0.15) is 0 Å². The Bertz CT molecular complexity index is 332. The molecule has 0 aliphatic heterocycles. The summed E-state index contributed by atoms with van der Waals surface area (Å²) in [5, 5.41) is 0. The van der Waals surface area contributed by atoms with Gasteiger partial charge in [0, 0.05) is 11.9 Å². The SMILES string of the molecule is CCc1ccc(C(=O)[PH](P)=S)cc1. The third-order valence-electron chi connectivity index (χ3n) is 1.85. The molecule has 1 aromatic rings. The molecule has 1 nitrogen and oxygen atoms in total. The molecule has 0 amide bonds. The highest BCUT2D eigenvalue weighted by atomic mass is 32.6. The Labute approximate surface area is 86.4 Å². The van der Waals surface area contributed by atoms with Gasteiger partial charge in [0.25, 0.3) is 0 Å². The van der Waals surface area contributed by atoms with Gasteiger partial charge >= 0.3 is 0 Å². The standard InChI is InChI=1S/C9H12OP2S/c1-2-7-3-5-8(6-4-7)9(10)12(11)13/h3-6,12H,2,11H2,1H3. The zero-order valence-corrected chi connectivity index (χ0v) is 10.4. The van der Waals surface area contributed by atoms with E-state index in [9.17, 15) is 4.79 Å². The van der Waals surface area contributed by atoms with Crippen molar-refractivity contribution in [2.24, 2.45) is 0 Å². The quantitative estimate of drug-likeness (QED) is 0.743. The van der Waals surface area contributed by atoms with Crippen molar-refractivity contribution < 1.29 is 4.79 Å². The van der Waals surface area contributed by atoms with Crippen LogP contribution in [0.5, 0.6) is 0 Å². The Balaban J connectivity index is 2.92. The van der Waals surface area contributed by atoms with Crippen LogP contribution in [0.15, 0.2) is 24.3 Å². The summed E-state index contributed by atoms with van der Waals surface area (Å²) >= 11 is 4.96. The molecule has 70 valence electrons. The van der Waals surface area contributed by atoms with Gasteiger partial charge in [0.15, 0.2) is 5.52 Å². The molecule has 0 aliphatic rings. The first kappa shape index (κ1) is 11.0. The smallest absolute Gasteiger partial charge is 0.194 e. The average molecular weight is 230 g/mol. The molecule has 2 unspecified atom stereocenters. The molecule has 0 radical (unpaired) electrons.